The second kappa shape index (κ2) is 6.94. The van der Waals surface area contributed by atoms with Crippen molar-refractivity contribution < 1.29 is 34.9 Å². The Balaban J connectivity index is 2.34. The summed E-state index contributed by atoms with van der Waals surface area (Å²) in [6, 6.07) is 6.80. The molecule has 0 saturated carbocycles. The first kappa shape index (κ1) is 20.4. The first-order valence-corrected chi connectivity index (χ1v) is 9.58. The number of primary sulfonamides is 1. The first-order valence-electron chi connectivity index (χ1n) is 7.24. The van der Waals surface area contributed by atoms with E-state index in [4.69, 9.17) is 5.14 Å². The van der Waals surface area contributed by atoms with Gasteiger partial charge in [-0.25, -0.2) is 22.3 Å². The first-order chi connectivity index (χ1) is 12.9. The van der Waals surface area contributed by atoms with Crippen LogP contribution in [0.2, 0.25) is 0 Å². The van der Waals surface area contributed by atoms with Crippen molar-refractivity contribution in [2.45, 2.75) is 11.1 Å². The number of halogens is 6. The molecular weight excluding hydrogens is 475 g/mol. The summed E-state index contributed by atoms with van der Waals surface area (Å²) in [6.07, 6.45) is -5.03. The summed E-state index contributed by atoms with van der Waals surface area (Å²) in [5.74, 6) is -4.89. The van der Waals surface area contributed by atoms with Crippen molar-refractivity contribution in [1.29, 1.82) is 0 Å². The molecule has 1 heterocycles. The zero-order valence-electron chi connectivity index (χ0n) is 13.4. The van der Waals surface area contributed by atoms with Gasteiger partial charge in [-0.05, 0) is 29.8 Å². The van der Waals surface area contributed by atoms with Crippen molar-refractivity contribution in [2.24, 2.45) is 5.14 Å². The van der Waals surface area contributed by atoms with Crippen LogP contribution in [-0.4, -0.2) is 13.6 Å². The molecule has 3 rings (SSSR count). The standard InChI is InChI=1S/C16H8BrF5N2O3S/c17-9-3-1-2-7(4-9)13-12(15(27-24-13)16(20,21)22)8-5-10(18)14(11(19)6-8)28(23,25)26/h1-6H,(H2,23,25,26). The molecule has 0 amide bonds. The van der Waals surface area contributed by atoms with Gasteiger partial charge in [-0.2, -0.15) is 13.2 Å². The van der Waals surface area contributed by atoms with Crippen LogP contribution in [0.15, 0.2) is 50.3 Å². The minimum absolute atomic E-state index is 0.167. The van der Waals surface area contributed by atoms with Crippen LogP contribution >= 0.6 is 15.9 Å². The Bertz CT molecular complexity index is 1150. The number of hydrogen-bond donors (Lipinski definition) is 1. The molecule has 3 aromatic rings. The van der Waals surface area contributed by atoms with Crippen molar-refractivity contribution in [3.05, 3.63) is 58.3 Å². The van der Waals surface area contributed by atoms with E-state index in [0.29, 0.717) is 16.6 Å². The summed E-state index contributed by atoms with van der Waals surface area (Å²) in [4.78, 5) is -1.45. The lowest BCUT2D eigenvalue weighted by Gasteiger charge is -2.10. The van der Waals surface area contributed by atoms with Gasteiger partial charge in [0.2, 0.25) is 15.8 Å². The predicted molar refractivity (Wildman–Crippen MR) is 91.4 cm³/mol. The Morgan fingerprint density at radius 3 is 2.14 bits per heavy atom. The molecule has 1 aromatic heterocycles. The molecule has 28 heavy (non-hydrogen) atoms. The molecule has 148 valence electrons. The fourth-order valence-corrected chi connectivity index (χ4v) is 3.62. The maximum atomic E-state index is 14.2. The van der Waals surface area contributed by atoms with Gasteiger partial charge in [0, 0.05) is 10.0 Å². The summed E-state index contributed by atoms with van der Waals surface area (Å²) in [5.41, 5.74) is -1.54. The topological polar surface area (TPSA) is 86.2 Å². The summed E-state index contributed by atoms with van der Waals surface area (Å²) in [7, 11) is -4.77. The van der Waals surface area contributed by atoms with E-state index >= 15 is 0 Å². The second-order valence-electron chi connectivity index (χ2n) is 5.56. The molecule has 0 aliphatic rings. The van der Waals surface area contributed by atoms with Gasteiger partial charge in [0.1, 0.15) is 17.3 Å². The van der Waals surface area contributed by atoms with E-state index < -0.39 is 49.6 Å². The Morgan fingerprint density at radius 1 is 1.04 bits per heavy atom. The zero-order chi connectivity index (χ0) is 20.9. The third-order valence-corrected chi connectivity index (χ3v) is 5.07. The van der Waals surface area contributed by atoms with E-state index in [2.05, 4.69) is 25.6 Å². The molecular formula is C16H8BrF5N2O3S. The largest absolute Gasteiger partial charge is 0.453 e. The maximum absolute atomic E-state index is 14.2. The number of sulfonamides is 1. The van der Waals surface area contributed by atoms with E-state index in [0.717, 1.165) is 0 Å². The second-order valence-corrected chi connectivity index (χ2v) is 7.97. The molecule has 0 saturated heterocycles. The number of nitrogens with zero attached hydrogens (tertiary/aromatic N) is 1. The average Bonchev–Trinajstić information content (AvgIpc) is 2.97. The SMILES string of the molecule is NS(=O)(=O)c1c(F)cc(-c2c(-c3cccc(Br)c3)noc2C(F)(F)F)cc1F. The van der Waals surface area contributed by atoms with Gasteiger partial charge < -0.3 is 4.52 Å². The predicted octanol–water partition coefficient (Wildman–Crippen LogP) is 4.72. The van der Waals surface area contributed by atoms with Gasteiger partial charge >= 0.3 is 6.18 Å². The molecule has 12 heteroatoms. The lowest BCUT2D eigenvalue weighted by molar-refractivity contribution is -0.154. The molecule has 5 nitrogen and oxygen atoms in total. The van der Waals surface area contributed by atoms with Crippen molar-refractivity contribution >= 4 is 26.0 Å². The van der Waals surface area contributed by atoms with Gasteiger partial charge in [0.15, 0.2) is 4.90 Å². The third-order valence-electron chi connectivity index (χ3n) is 3.62. The fraction of sp³-hybridized carbons (Fsp3) is 0.0625. The summed E-state index contributed by atoms with van der Waals surface area (Å²) < 4.78 is 96.0. The van der Waals surface area contributed by atoms with Gasteiger partial charge in [-0.15, -0.1) is 0 Å². The molecule has 0 spiro atoms. The monoisotopic (exact) mass is 482 g/mol. The summed E-state index contributed by atoms with van der Waals surface area (Å²) in [6.45, 7) is 0. The highest BCUT2D eigenvalue weighted by atomic mass is 79.9. The minimum atomic E-state index is -5.03. The average molecular weight is 483 g/mol. The van der Waals surface area contributed by atoms with Crippen LogP contribution in [0.5, 0.6) is 0 Å². The van der Waals surface area contributed by atoms with Crippen LogP contribution in [0, 0.1) is 11.6 Å². The number of aromatic nitrogens is 1. The number of rotatable bonds is 3. The van der Waals surface area contributed by atoms with Crippen LogP contribution in [0.1, 0.15) is 5.76 Å². The Labute approximate surface area is 163 Å². The maximum Gasteiger partial charge on any atom is 0.453 e. The van der Waals surface area contributed by atoms with Crippen LogP contribution in [0.4, 0.5) is 22.0 Å². The molecule has 2 N–H and O–H groups in total. The highest BCUT2D eigenvalue weighted by Crippen LogP contribution is 2.43. The third kappa shape index (κ3) is 3.80. The van der Waals surface area contributed by atoms with Crippen molar-refractivity contribution in [3.63, 3.8) is 0 Å². The number of alkyl halides is 3. The summed E-state index contributed by atoms with van der Waals surface area (Å²) in [5, 5.41) is 8.14. The van der Waals surface area contributed by atoms with Gasteiger partial charge in [-0.3, -0.25) is 0 Å². The minimum Gasteiger partial charge on any atom is -0.350 e. The van der Waals surface area contributed by atoms with Crippen LogP contribution < -0.4 is 5.14 Å². The lowest BCUT2D eigenvalue weighted by Crippen LogP contribution is -2.16. The van der Waals surface area contributed by atoms with Crippen LogP contribution in [0.3, 0.4) is 0 Å². The van der Waals surface area contributed by atoms with Crippen molar-refractivity contribution in [1.82, 2.24) is 5.16 Å². The van der Waals surface area contributed by atoms with Crippen LogP contribution in [-0.2, 0) is 16.2 Å². The molecule has 0 fully saturated rings. The van der Waals surface area contributed by atoms with Crippen LogP contribution in [0.25, 0.3) is 22.4 Å². The van der Waals surface area contributed by atoms with Gasteiger partial charge in [0.25, 0.3) is 0 Å². The number of hydrogen-bond acceptors (Lipinski definition) is 4. The fourth-order valence-electron chi connectivity index (χ4n) is 2.56. The van der Waals surface area contributed by atoms with Crippen molar-refractivity contribution in [2.75, 3.05) is 0 Å². The van der Waals surface area contributed by atoms with E-state index in [1.165, 1.54) is 18.2 Å². The van der Waals surface area contributed by atoms with E-state index in [9.17, 15) is 30.4 Å². The van der Waals surface area contributed by atoms with E-state index in [-0.39, 0.29) is 11.3 Å². The Morgan fingerprint density at radius 2 is 1.64 bits per heavy atom. The van der Waals surface area contributed by atoms with Gasteiger partial charge in [0.05, 0.1) is 5.56 Å². The normalized spacial score (nSPS) is 12.4. The highest BCUT2D eigenvalue weighted by Gasteiger charge is 2.41. The van der Waals surface area contributed by atoms with Gasteiger partial charge in [-0.1, -0.05) is 33.2 Å². The number of nitrogens with two attached hydrogens (primary N) is 1. The molecule has 0 bridgehead atoms. The lowest BCUT2D eigenvalue weighted by atomic mass is 9.98. The summed E-state index contributed by atoms with van der Waals surface area (Å²) >= 11 is 3.16. The molecule has 0 aliphatic carbocycles. The quantitative estimate of drug-likeness (QED) is 0.547. The zero-order valence-corrected chi connectivity index (χ0v) is 15.8. The van der Waals surface area contributed by atoms with Crippen molar-refractivity contribution in [3.8, 4) is 22.4 Å². The highest BCUT2D eigenvalue weighted by molar-refractivity contribution is 9.10. The molecule has 0 unspecified atom stereocenters. The Hall–Kier alpha value is -2.31. The molecule has 0 aliphatic heterocycles. The molecule has 0 radical (unpaired) electrons. The van der Waals surface area contributed by atoms with E-state index in [1.807, 2.05) is 0 Å². The smallest absolute Gasteiger partial charge is 0.350 e. The van der Waals surface area contributed by atoms with E-state index in [1.54, 1.807) is 6.07 Å². The Kier molecular flexibility index (Phi) is 5.06. The number of benzene rings is 2. The molecule has 0 atom stereocenters. The molecule has 2 aromatic carbocycles.